The summed E-state index contributed by atoms with van der Waals surface area (Å²) in [6.45, 7) is 2.05. The van der Waals surface area contributed by atoms with Crippen LogP contribution in [0.3, 0.4) is 0 Å². The number of pyridine rings is 1. The minimum absolute atomic E-state index is 0.636. The van der Waals surface area contributed by atoms with Crippen molar-refractivity contribution in [2.75, 3.05) is 19.6 Å². The third-order valence-corrected chi connectivity index (χ3v) is 5.52. The van der Waals surface area contributed by atoms with E-state index >= 15 is 0 Å². The normalized spacial score (nSPS) is 11.7. The van der Waals surface area contributed by atoms with Crippen LogP contribution in [0.5, 0.6) is 11.5 Å². The molecule has 0 saturated heterocycles. The zero-order valence-corrected chi connectivity index (χ0v) is 18.7. The molecule has 0 bridgehead atoms. The average molecular weight is 439 g/mol. The number of nitrogens with one attached hydrogen (secondary N) is 2. The topological polar surface area (TPSA) is 70.1 Å². The van der Waals surface area contributed by atoms with Gasteiger partial charge in [-0.25, -0.2) is 4.98 Å². The number of aromatic amines is 1. The smallest absolute Gasteiger partial charge is 0.297 e. The molecule has 2 N–H and O–H groups in total. The highest BCUT2D eigenvalue weighted by Gasteiger charge is 2.11. The summed E-state index contributed by atoms with van der Waals surface area (Å²) >= 11 is 0. The maximum atomic E-state index is 6.23. The lowest BCUT2D eigenvalue weighted by atomic mass is 10.1. The number of methoxy groups -OCH3 is 2. The number of hydrogen-bond acceptors (Lipinski definition) is 5. The van der Waals surface area contributed by atoms with E-state index in [0.717, 1.165) is 44.2 Å². The third-order valence-electron chi connectivity index (χ3n) is 5.52. The largest absolute Gasteiger partial charge is 0.493 e. The zero-order chi connectivity index (χ0) is 22.8. The van der Waals surface area contributed by atoms with Crippen molar-refractivity contribution in [2.24, 2.45) is 5.10 Å². The minimum Gasteiger partial charge on any atom is -0.493 e. The summed E-state index contributed by atoms with van der Waals surface area (Å²) in [5.74, 6) is 2.77. The predicted octanol–water partition coefficient (Wildman–Crippen LogP) is 5.32. The molecule has 6 nitrogen and oxygen atoms in total. The molecule has 0 unspecified atom stereocenters. The summed E-state index contributed by atoms with van der Waals surface area (Å²) in [6.07, 6.45) is 0. The number of ether oxygens (including phenoxy) is 2. The fraction of sp³-hybridized carbons (Fsp3) is 0.111. The summed E-state index contributed by atoms with van der Waals surface area (Å²) in [6, 6.07) is 25.8. The lowest BCUT2D eigenvalue weighted by Crippen LogP contribution is -2.14. The highest BCUT2D eigenvalue weighted by Crippen LogP contribution is 2.32. The fourth-order valence-corrected chi connectivity index (χ4v) is 3.81. The van der Waals surface area contributed by atoms with Crippen LogP contribution >= 0.6 is 0 Å². The predicted molar refractivity (Wildman–Crippen MR) is 129 cm³/mol. The molecule has 0 spiro atoms. The number of fused-ring (bicyclic) bond motifs is 2. The molecule has 0 aliphatic heterocycles. The van der Waals surface area contributed by atoms with Gasteiger partial charge in [-0.2, -0.15) is 0 Å². The summed E-state index contributed by atoms with van der Waals surface area (Å²) in [4.78, 5) is 3.37. The van der Waals surface area contributed by atoms with Crippen molar-refractivity contribution >= 4 is 27.7 Å². The Morgan fingerprint density at radius 3 is 2.55 bits per heavy atom. The first kappa shape index (κ1) is 20.6. The lowest BCUT2D eigenvalue weighted by Gasteiger charge is -2.10. The van der Waals surface area contributed by atoms with Gasteiger partial charge in [-0.1, -0.05) is 34.9 Å². The van der Waals surface area contributed by atoms with Crippen molar-refractivity contribution in [3.8, 4) is 22.8 Å². The molecule has 0 saturated carbocycles. The van der Waals surface area contributed by atoms with Gasteiger partial charge < -0.3 is 13.9 Å². The van der Waals surface area contributed by atoms with Crippen LogP contribution in [0.15, 0.2) is 88.4 Å². The van der Waals surface area contributed by atoms with Gasteiger partial charge in [-0.05, 0) is 49.4 Å². The van der Waals surface area contributed by atoms with E-state index < -0.39 is 0 Å². The van der Waals surface area contributed by atoms with Gasteiger partial charge in [-0.15, -0.1) is 5.43 Å². The number of para-hydroxylation sites is 1. The van der Waals surface area contributed by atoms with Crippen molar-refractivity contribution < 1.29 is 18.9 Å². The van der Waals surface area contributed by atoms with Gasteiger partial charge in [-0.3, -0.25) is 0 Å². The Morgan fingerprint density at radius 1 is 0.848 bits per heavy atom. The monoisotopic (exact) mass is 438 g/mol. The summed E-state index contributed by atoms with van der Waals surface area (Å²) < 4.78 is 17.1. The van der Waals surface area contributed by atoms with E-state index in [-0.39, 0.29) is 0 Å². The minimum atomic E-state index is 0.636. The number of aryl methyl sites for hydroxylation is 1. The van der Waals surface area contributed by atoms with Crippen molar-refractivity contribution in [2.45, 2.75) is 6.92 Å². The van der Waals surface area contributed by atoms with Crippen LogP contribution in [-0.4, -0.2) is 14.2 Å². The van der Waals surface area contributed by atoms with Gasteiger partial charge in [0.05, 0.1) is 14.2 Å². The molecular formula is C27H24N3O3+. The Labute approximate surface area is 191 Å². The molecule has 2 heterocycles. The highest BCUT2D eigenvalue weighted by molar-refractivity contribution is 5.80. The van der Waals surface area contributed by atoms with Gasteiger partial charge in [0.15, 0.2) is 11.5 Å². The first-order valence-corrected chi connectivity index (χ1v) is 10.6. The van der Waals surface area contributed by atoms with Gasteiger partial charge in [0.25, 0.3) is 5.82 Å². The van der Waals surface area contributed by atoms with Crippen molar-refractivity contribution in [3.05, 3.63) is 89.8 Å². The molecule has 0 fully saturated rings. The third kappa shape index (κ3) is 4.11. The summed E-state index contributed by atoms with van der Waals surface area (Å²) in [5, 5.41) is 7.55. The van der Waals surface area contributed by atoms with E-state index in [1.165, 1.54) is 0 Å². The standard InChI is InChI=1S/C27H23N3O3/c1-17-8-11-23-20(14-17)22(29-30-27-13-10-18-6-4-5-7-21(18)28-27)16-25(33-23)19-9-12-24(31-2)26(15-19)32-3/h4-16H,1-3H3,(H,28,30)/p+1. The number of anilines is 1. The van der Waals surface area contributed by atoms with E-state index in [9.17, 15) is 0 Å². The van der Waals surface area contributed by atoms with Crippen LogP contribution in [0.25, 0.3) is 33.2 Å². The van der Waals surface area contributed by atoms with E-state index in [1.54, 1.807) is 14.2 Å². The second-order valence-electron chi connectivity index (χ2n) is 7.75. The van der Waals surface area contributed by atoms with Gasteiger partial charge in [0.2, 0.25) is 0 Å². The van der Waals surface area contributed by atoms with Crippen molar-refractivity contribution in [1.29, 1.82) is 0 Å². The number of aromatic nitrogens is 1. The zero-order valence-electron chi connectivity index (χ0n) is 18.7. The maximum absolute atomic E-state index is 6.23. The van der Waals surface area contributed by atoms with Crippen LogP contribution in [0.4, 0.5) is 5.82 Å². The van der Waals surface area contributed by atoms with Crippen LogP contribution in [0, 0.1) is 6.92 Å². The Kier molecular flexibility index (Phi) is 5.40. The SMILES string of the molecule is COc1ccc(-c2cc(=NNc3ccc4ccccc4[nH+]3)c3cc(C)ccc3o2)cc1OC. The molecule has 164 valence electrons. The van der Waals surface area contributed by atoms with E-state index in [4.69, 9.17) is 19.0 Å². The molecule has 33 heavy (non-hydrogen) atoms. The first-order chi connectivity index (χ1) is 16.1. The highest BCUT2D eigenvalue weighted by atomic mass is 16.5. The molecule has 6 heteroatoms. The Balaban J connectivity index is 1.63. The van der Waals surface area contributed by atoms with Gasteiger partial charge in [0, 0.05) is 28.5 Å². The number of hydrogen-bond donors (Lipinski definition) is 1. The first-order valence-electron chi connectivity index (χ1n) is 10.6. The molecular weight excluding hydrogens is 414 g/mol. The van der Waals surface area contributed by atoms with Crippen LogP contribution in [0.1, 0.15) is 5.56 Å². The quantitative estimate of drug-likeness (QED) is 0.377. The fourth-order valence-electron chi connectivity index (χ4n) is 3.81. The van der Waals surface area contributed by atoms with Crippen molar-refractivity contribution in [1.82, 2.24) is 0 Å². The Bertz CT molecular complexity index is 1540. The second-order valence-corrected chi connectivity index (χ2v) is 7.75. The Hall–Kier alpha value is -4.32. The van der Waals surface area contributed by atoms with Crippen LogP contribution in [0.2, 0.25) is 0 Å². The second kappa shape index (κ2) is 8.67. The van der Waals surface area contributed by atoms with E-state index in [0.29, 0.717) is 17.3 Å². The molecule has 5 aromatic rings. The average Bonchev–Trinajstić information content (AvgIpc) is 2.86. The molecule has 0 atom stereocenters. The van der Waals surface area contributed by atoms with Gasteiger partial charge in [0.1, 0.15) is 22.2 Å². The number of H-pyrrole nitrogens is 1. The van der Waals surface area contributed by atoms with Gasteiger partial charge >= 0.3 is 0 Å². The maximum Gasteiger partial charge on any atom is 0.297 e. The Morgan fingerprint density at radius 2 is 1.70 bits per heavy atom. The molecule has 0 aliphatic rings. The van der Waals surface area contributed by atoms with E-state index in [2.05, 4.69) is 35.5 Å². The van der Waals surface area contributed by atoms with Crippen LogP contribution < -0.4 is 25.2 Å². The molecule has 0 amide bonds. The molecule has 2 aromatic heterocycles. The van der Waals surface area contributed by atoms with Crippen molar-refractivity contribution in [3.63, 3.8) is 0 Å². The van der Waals surface area contributed by atoms with E-state index in [1.807, 2.05) is 60.7 Å². The van der Waals surface area contributed by atoms with Crippen LogP contribution in [-0.2, 0) is 0 Å². The lowest BCUT2D eigenvalue weighted by molar-refractivity contribution is -0.327. The molecule has 0 aliphatic carbocycles. The molecule has 0 radical (unpaired) electrons. The number of rotatable bonds is 5. The summed E-state index contributed by atoms with van der Waals surface area (Å²) in [5.41, 5.74) is 6.94. The summed E-state index contributed by atoms with van der Waals surface area (Å²) in [7, 11) is 3.24. The molecule has 3 aromatic carbocycles. The molecule has 5 rings (SSSR count). The number of benzene rings is 3. The number of nitrogens with zero attached hydrogens (tertiary/aromatic N) is 1.